The molecule has 0 nitrogen and oxygen atoms in total. The molecule has 0 radical (unpaired) electrons. The minimum absolute atomic E-state index is 0.787. The Bertz CT molecular complexity index is 142. The Morgan fingerprint density at radius 2 is 2.30 bits per heavy atom. The molecule has 0 aromatic heterocycles. The Labute approximate surface area is 63.6 Å². The molecule has 0 N–H and O–H groups in total. The standard InChI is InChI=1S/C10H16/c1-3-5-10-7-4-6-9(2)8-10/h3-6,9-10H,7-8H2,1-2H3/b5-3+. The van der Waals surface area contributed by atoms with Gasteiger partial charge in [0.2, 0.25) is 0 Å². The molecule has 10 heavy (non-hydrogen) atoms. The van der Waals surface area contributed by atoms with Gasteiger partial charge in [0.25, 0.3) is 0 Å². The summed E-state index contributed by atoms with van der Waals surface area (Å²) in [4.78, 5) is 0. The minimum Gasteiger partial charge on any atom is -0.0914 e. The van der Waals surface area contributed by atoms with Crippen molar-refractivity contribution < 1.29 is 0 Å². The Morgan fingerprint density at radius 1 is 1.50 bits per heavy atom. The van der Waals surface area contributed by atoms with Crippen molar-refractivity contribution in [2.24, 2.45) is 11.8 Å². The third-order valence-corrected chi connectivity index (χ3v) is 2.04. The van der Waals surface area contributed by atoms with Crippen molar-refractivity contribution in [3.63, 3.8) is 0 Å². The van der Waals surface area contributed by atoms with E-state index in [1.165, 1.54) is 12.8 Å². The lowest BCUT2D eigenvalue weighted by Crippen LogP contribution is -2.05. The molecule has 2 unspecified atom stereocenters. The van der Waals surface area contributed by atoms with Gasteiger partial charge in [0, 0.05) is 0 Å². The van der Waals surface area contributed by atoms with Crippen LogP contribution in [0.3, 0.4) is 0 Å². The zero-order chi connectivity index (χ0) is 7.40. The highest BCUT2D eigenvalue weighted by atomic mass is 14.2. The van der Waals surface area contributed by atoms with E-state index in [2.05, 4.69) is 38.2 Å². The van der Waals surface area contributed by atoms with Crippen LogP contribution in [0, 0.1) is 11.8 Å². The Balaban J connectivity index is 2.44. The third kappa shape index (κ3) is 2.02. The summed E-state index contributed by atoms with van der Waals surface area (Å²) in [5, 5.41) is 0. The van der Waals surface area contributed by atoms with Gasteiger partial charge in [-0.15, -0.1) is 0 Å². The highest BCUT2D eigenvalue weighted by Gasteiger charge is 2.10. The van der Waals surface area contributed by atoms with Crippen LogP contribution in [-0.2, 0) is 0 Å². The molecule has 0 saturated heterocycles. The summed E-state index contributed by atoms with van der Waals surface area (Å²) in [6, 6.07) is 0. The molecule has 0 aromatic carbocycles. The van der Waals surface area contributed by atoms with Gasteiger partial charge in [0.15, 0.2) is 0 Å². The first-order chi connectivity index (χ1) is 4.83. The summed E-state index contributed by atoms with van der Waals surface area (Å²) in [6.07, 6.45) is 11.7. The Kier molecular flexibility index (Phi) is 2.73. The van der Waals surface area contributed by atoms with Gasteiger partial charge in [-0.2, -0.15) is 0 Å². The highest BCUT2D eigenvalue weighted by molar-refractivity contribution is 5.00. The first kappa shape index (κ1) is 7.59. The fraction of sp³-hybridized carbons (Fsp3) is 0.600. The number of hydrogen-bond acceptors (Lipinski definition) is 0. The van der Waals surface area contributed by atoms with Crippen LogP contribution in [0.15, 0.2) is 24.3 Å². The average Bonchev–Trinajstić information content (AvgIpc) is 1.88. The lowest BCUT2D eigenvalue weighted by molar-refractivity contribution is 0.489. The van der Waals surface area contributed by atoms with Gasteiger partial charge in [-0.1, -0.05) is 31.2 Å². The van der Waals surface area contributed by atoms with E-state index in [1.807, 2.05) is 0 Å². The van der Waals surface area contributed by atoms with Gasteiger partial charge in [-0.25, -0.2) is 0 Å². The van der Waals surface area contributed by atoms with Gasteiger partial charge in [0.1, 0.15) is 0 Å². The van der Waals surface area contributed by atoms with Gasteiger partial charge < -0.3 is 0 Å². The summed E-state index contributed by atoms with van der Waals surface area (Å²) < 4.78 is 0. The van der Waals surface area contributed by atoms with Crippen molar-refractivity contribution in [1.82, 2.24) is 0 Å². The quantitative estimate of drug-likeness (QED) is 0.486. The van der Waals surface area contributed by atoms with Gasteiger partial charge in [-0.3, -0.25) is 0 Å². The second-order valence-corrected chi connectivity index (χ2v) is 3.16. The summed E-state index contributed by atoms with van der Waals surface area (Å²) >= 11 is 0. The maximum absolute atomic E-state index is 2.32. The maximum Gasteiger partial charge on any atom is -0.0194 e. The molecule has 0 saturated carbocycles. The molecule has 0 bridgehead atoms. The number of hydrogen-bond donors (Lipinski definition) is 0. The zero-order valence-corrected chi connectivity index (χ0v) is 6.88. The zero-order valence-electron chi connectivity index (χ0n) is 6.88. The van der Waals surface area contributed by atoms with E-state index < -0.39 is 0 Å². The van der Waals surface area contributed by atoms with E-state index in [0.717, 1.165) is 11.8 Å². The van der Waals surface area contributed by atoms with Crippen LogP contribution < -0.4 is 0 Å². The van der Waals surface area contributed by atoms with Crippen molar-refractivity contribution >= 4 is 0 Å². The maximum atomic E-state index is 2.32. The fourth-order valence-corrected chi connectivity index (χ4v) is 1.57. The van der Waals surface area contributed by atoms with E-state index in [4.69, 9.17) is 0 Å². The Hall–Kier alpha value is -0.520. The smallest absolute Gasteiger partial charge is 0.0194 e. The first-order valence-electron chi connectivity index (χ1n) is 4.12. The molecule has 0 aliphatic heterocycles. The predicted octanol–water partition coefficient (Wildman–Crippen LogP) is 3.16. The molecular weight excluding hydrogens is 120 g/mol. The van der Waals surface area contributed by atoms with Crippen LogP contribution >= 0.6 is 0 Å². The van der Waals surface area contributed by atoms with Crippen molar-refractivity contribution in [2.45, 2.75) is 26.7 Å². The average molecular weight is 136 g/mol. The Morgan fingerprint density at radius 3 is 2.90 bits per heavy atom. The van der Waals surface area contributed by atoms with Crippen molar-refractivity contribution in [1.29, 1.82) is 0 Å². The lowest BCUT2D eigenvalue weighted by atomic mass is 9.88. The minimum atomic E-state index is 0.787. The molecular formula is C10H16. The molecule has 1 rings (SSSR count). The van der Waals surface area contributed by atoms with Crippen molar-refractivity contribution in [3.8, 4) is 0 Å². The van der Waals surface area contributed by atoms with Gasteiger partial charge >= 0.3 is 0 Å². The fourth-order valence-electron chi connectivity index (χ4n) is 1.57. The van der Waals surface area contributed by atoms with Gasteiger partial charge in [-0.05, 0) is 31.6 Å². The highest BCUT2D eigenvalue weighted by Crippen LogP contribution is 2.23. The van der Waals surface area contributed by atoms with Crippen molar-refractivity contribution in [2.75, 3.05) is 0 Å². The van der Waals surface area contributed by atoms with E-state index in [9.17, 15) is 0 Å². The molecule has 0 fully saturated rings. The van der Waals surface area contributed by atoms with Crippen LogP contribution in [0.4, 0.5) is 0 Å². The largest absolute Gasteiger partial charge is 0.0914 e. The molecule has 0 heterocycles. The van der Waals surface area contributed by atoms with E-state index in [0.29, 0.717) is 0 Å². The van der Waals surface area contributed by atoms with Gasteiger partial charge in [0.05, 0.1) is 0 Å². The predicted molar refractivity (Wildman–Crippen MR) is 45.8 cm³/mol. The summed E-state index contributed by atoms with van der Waals surface area (Å²) in [5.41, 5.74) is 0. The van der Waals surface area contributed by atoms with Crippen LogP contribution in [0.2, 0.25) is 0 Å². The van der Waals surface area contributed by atoms with Crippen LogP contribution in [0.5, 0.6) is 0 Å². The third-order valence-electron chi connectivity index (χ3n) is 2.04. The molecule has 0 heteroatoms. The normalized spacial score (nSPS) is 33.4. The molecule has 0 spiro atoms. The summed E-state index contributed by atoms with van der Waals surface area (Å²) in [6.45, 7) is 4.38. The second-order valence-electron chi connectivity index (χ2n) is 3.16. The molecule has 2 atom stereocenters. The SMILES string of the molecule is C/C=C/C1CC=CC(C)C1. The number of rotatable bonds is 1. The monoisotopic (exact) mass is 136 g/mol. The van der Waals surface area contributed by atoms with Crippen molar-refractivity contribution in [3.05, 3.63) is 24.3 Å². The number of allylic oxidation sites excluding steroid dienone is 4. The van der Waals surface area contributed by atoms with Crippen LogP contribution in [0.1, 0.15) is 26.7 Å². The molecule has 0 amide bonds. The lowest BCUT2D eigenvalue weighted by Gasteiger charge is -2.18. The van der Waals surface area contributed by atoms with Crippen LogP contribution in [-0.4, -0.2) is 0 Å². The second kappa shape index (κ2) is 3.60. The van der Waals surface area contributed by atoms with Crippen LogP contribution in [0.25, 0.3) is 0 Å². The topological polar surface area (TPSA) is 0 Å². The molecule has 56 valence electrons. The van der Waals surface area contributed by atoms with E-state index >= 15 is 0 Å². The first-order valence-corrected chi connectivity index (χ1v) is 4.12. The van der Waals surface area contributed by atoms with E-state index in [-0.39, 0.29) is 0 Å². The molecule has 0 aromatic rings. The summed E-state index contributed by atoms with van der Waals surface area (Å²) in [5.74, 6) is 1.60. The van der Waals surface area contributed by atoms with E-state index in [1.54, 1.807) is 0 Å². The molecule has 1 aliphatic carbocycles. The molecule has 1 aliphatic rings. The summed E-state index contributed by atoms with van der Waals surface area (Å²) in [7, 11) is 0.